The molecular weight excluding hydrogens is 619 g/mol. The average Bonchev–Trinajstić information content (AvgIpc) is 3.11. The Morgan fingerprint density at radius 3 is 1.97 bits per heavy atom. The van der Waals surface area contributed by atoms with E-state index in [0.717, 1.165) is 6.29 Å². The summed E-state index contributed by atoms with van der Waals surface area (Å²) in [5, 5.41) is 0.346. The van der Waals surface area contributed by atoms with Crippen molar-refractivity contribution in [3.05, 3.63) is 38.0 Å². The maximum Gasteiger partial charge on any atom is 0.197 e. The fraction of sp³-hybridized carbons (Fsp3) is 0.200. The third-order valence-corrected chi connectivity index (χ3v) is 5.97. The highest BCUT2D eigenvalue weighted by molar-refractivity contribution is 9.11. The van der Waals surface area contributed by atoms with Crippen molar-refractivity contribution >= 4 is 138 Å². The Hall–Kier alpha value is -0.830. The van der Waals surface area contributed by atoms with E-state index in [2.05, 4.69) is 47.8 Å². The smallest absolute Gasteiger partial charge is 0.197 e. The summed E-state index contributed by atoms with van der Waals surface area (Å²) in [7, 11) is 25.8. The largest absolute Gasteiger partial charge is 0.494 e. The lowest BCUT2D eigenvalue weighted by Gasteiger charge is -2.13. The van der Waals surface area contributed by atoms with Crippen LogP contribution in [0, 0.1) is 0 Å². The highest BCUT2D eigenvalue weighted by Gasteiger charge is 2.28. The van der Waals surface area contributed by atoms with Crippen LogP contribution in [0.4, 0.5) is 0 Å². The van der Waals surface area contributed by atoms with Crippen molar-refractivity contribution < 1.29 is 18.7 Å². The minimum Gasteiger partial charge on any atom is -0.494 e. The van der Waals surface area contributed by atoms with Gasteiger partial charge in [0.1, 0.15) is 54.8 Å². The van der Waals surface area contributed by atoms with Crippen LogP contribution in [0.15, 0.2) is 25.5 Å². The summed E-state index contributed by atoms with van der Waals surface area (Å²) in [5.74, 6) is 0.647. The summed E-state index contributed by atoms with van der Waals surface area (Å²) >= 11 is 10.3. The van der Waals surface area contributed by atoms with Gasteiger partial charge in [0.15, 0.2) is 5.78 Å². The molecule has 0 spiro atoms. The Morgan fingerprint density at radius 1 is 1.06 bits per heavy atom. The summed E-state index contributed by atoms with van der Waals surface area (Å²) in [6.45, 7) is 3.27. The van der Waals surface area contributed by atoms with Crippen molar-refractivity contribution in [3.63, 3.8) is 0 Å². The van der Waals surface area contributed by atoms with Gasteiger partial charge in [-0.3, -0.25) is 4.79 Å². The fourth-order valence-corrected chi connectivity index (χ4v) is 4.81. The molecule has 0 saturated heterocycles. The van der Waals surface area contributed by atoms with Gasteiger partial charge in [-0.05, 0) is 57.8 Å². The zero-order valence-corrected chi connectivity index (χ0v) is 23.1. The topological polar surface area (TPSA) is 56.5 Å². The van der Waals surface area contributed by atoms with Crippen LogP contribution in [0.2, 0.25) is 0 Å². The summed E-state index contributed by atoms with van der Waals surface area (Å²) in [4.78, 5) is 22.0. The van der Waals surface area contributed by atoms with Gasteiger partial charge in [-0.25, -0.2) is 0 Å². The van der Waals surface area contributed by atoms with E-state index in [1.165, 1.54) is 14.0 Å². The molecule has 0 N–H and O–H groups in total. The highest BCUT2D eigenvalue weighted by atomic mass is 79.9. The molecule has 0 aliphatic rings. The molecule has 3 aromatic rings. The number of fused-ring (bicyclic) bond motifs is 1. The number of carbonyl (C=O) groups excluding carboxylic acids is 2. The van der Waals surface area contributed by atoms with Gasteiger partial charge in [-0.2, -0.15) is 13.5 Å². The van der Waals surface area contributed by atoms with Crippen LogP contribution in [-0.4, -0.2) is 50.6 Å². The molecule has 3 rings (SSSR count). The number of methoxy groups -OCH3 is 1. The van der Waals surface area contributed by atoms with Gasteiger partial charge in [0.25, 0.3) is 0 Å². The molecule has 4 nitrogen and oxygen atoms in total. The summed E-state index contributed by atoms with van der Waals surface area (Å²) in [5.41, 5.74) is 1.45. The number of ketones is 1. The van der Waals surface area contributed by atoms with Gasteiger partial charge in [0.05, 0.1) is 26.4 Å². The van der Waals surface area contributed by atoms with Crippen molar-refractivity contribution in [2.45, 2.75) is 18.7 Å². The number of furan rings is 1. The Balaban J connectivity index is 0.00000121. The third-order valence-electron chi connectivity index (χ3n) is 4.37. The molecule has 0 fully saturated rings. The van der Waals surface area contributed by atoms with Gasteiger partial charge < -0.3 is 13.9 Å². The van der Waals surface area contributed by atoms with E-state index >= 15 is 0 Å². The first-order chi connectivity index (χ1) is 14.5. The molecule has 2 aromatic carbocycles. The van der Waals surface area contributed by atoms with Crippen LogP contribution in [0.1, 0.15) is 40.4 Å². The number of benzene rings is 2. The van der Waals surface area contributed by atoms with Crippen molar-refractivity contribution in [1.82, 2.24) is 0 Å². The van der Waals surface area contributed by atoms with Gasteiger partial charge in [-0.15, -0.1) is 10.9 Å². The zero-order chi connectivity index (χ0) is 23.6. The van der Waals surface area contributed by atoms with Crippen LogP contribution >= 0.6 is 61.3 Å². The van der Waals surface area contributed by atoms with Crippen LogP contribution in [-0.2, 0) is 4.79 Å². The Labute approximate surface area is 224 Å². The third kappa shape index (κ3) is 5.45. The molecule has 0 aliphatic heterocycles. The average molecular weight is 634 g/mol. The number of alkyl halides is 1. The number of halogens is 3. The van der Waals surface area contributed by atoms with Crippen molar-refractivity contribution in [3.8, 4) is 5.75 Å². The minimum atomic E-state index is -0.306. The van der Waals surface area contributed by atoms with Crippen molar-refractivity contribution in [1.29, 1.82) is 0 Å². The van der Waals surface area contributed by atoms with E-state index in [0.29, 0.717) is 31.4 Å². The van der Waals surface area contributed by atoms with E-state index in [9.17, 15) is 4.79 Å². The zero-order valence-electron chi connectivity index (χ0n) is 17.4. The molecule has 0 aliphatic carbocycles. The van der Waals surface area contributed by atoms with Gasteiger partial charge in [-0.1, -0.05) is 26.9 Å². The molecule has 1 aromatic heterocycles. The molecule has 32 heavy (non-hydrogen) atoms. The lowest BCUT2D eigenvalue weighted by Crippen LogP contribution is -2.47. The second-order valence-electron chi connectivity index (χ2n) is 6.35. The number of hydrogen-bond acceptors (Lipinski definition) is 4. The normalized spacial score (nSPS) is 11.2. The standard InChI is InChI=1S/C18H9B4Br3O3.C2H4O.H2S/c1-5(23)16-10(9-11(19)12(20)13(21)14(22)18(9)28-16)15(26)6-3-7(24)17(27-2)8(25)4-6;1-2-3;/h3-5H,1-2H3;2H,1H3;1H2. The first kappa shape index (κ1) is 29.2. The van der Waals surface area contributed by atoms with Gasteiger partial charge in [0.2, 0.25) is 0 Å². The summed E-state index contributed by atoms with van der Waals surface area (Å²) in [6, 6.07) is 3.32. The quantitative estimate of drug-likeness (QED) is 0.191. The van der Waals surface area contributed by atoms with Crippen LogP contribution in [0.3, 0.4) is 0 Å². The Morgan fingerprint density at radius 2 is 1.53 bits per heavy atom. The first-order valence-electron chi connectivity index (χ1n) is 8.81. The lowest BCUT2D eigenvalue weighted by atomic mass is 9.65. The lowest BCUT2D eigenvalue weighted by molar-refractivity contribution is -0.106. The number of ether oxygens (including phenoxy) is 1. The van der Waals surface area contributed by atoms with E-state index in [1.54, 1.807) is 12.1 Å². The molecule has 1 unspecified atom stereocenters. The Bertz CT molecular complexity index is 1160. The van der Waals surface area contributed by atoms with Crippen LogP contribution < -0.4 is 26.6 Å². The van der Waals surface area contributed by atoms with E-state index in [4.69, 9.17) is 45.3 Å². The number of hydrogen-bond donors (Lipinski definition) is 0. The predicted molar refractivity (Wildman–Crippen MR) is 149 cm³/mol. The molecule has 12 heteroatoms. The Kier molecular flexibility index (Phi) is 11.0. The second-order valence-corrected chi connectivity index (χ2v) is 9.44. The second kappa shape index (κ2) is 12.0. The number of rotatable bonds is 4. The SMILES string of the molecule is CC=O.S.[B]c1c([B])c([B])c2c(C(=O)c3cc(Br)c(OC)c(Br)c3)c(C(C)Br)oc2c1[B]. The molecule has 0 saturated carbocycles. The molecule has 1 atom stereocenters. The first-order valence-corrected chi connectivity index (χ1v) is 11.3. The summed E-state index contributed by atoms with van der Waals surface area (Å²) < 4.78 is 12.4. The van der Waals surface area contributed by atoms with Crippen molar-refractivity contribution in [2.75, 3.05) is 7.11 Å². The predicted octanol–water partition coefficient (Wildman–Crippen LogP) is 2.15. The van der Waals surface area contributed by atoms with Crippen LogP contribution in [0.5, 0.6) is 5.75 Å². The maximum atomic E-state index is 13.5. The highest BCUT2D eigenvalue weighted by Crippen LogP contribution is 2.37. The molecule has 1 heterocycles. The van der Waals surface area contributed by atoms with E-state index < -0.39 is 0 Å². The summed E-state index contributed by atoms with van der Waals surface area (Å²) in [6.07, 6.45) is 0.750. The minimum absolute atomic E-state index is 0. The van der Waals surface area contributed by atoms with Gasteiger partial charge >= 0.3 is 0 Å². The van der Waals surface area contributed by atoms with E-state index in [-0.39, 0.29) is 57.1 Å². The van der Waals surface area contributed by atoms with Crippen molar-refractivity contribution in [2.24, 2.45) is 0 Å². The molecular formula is C20H15B4Br3O4S. The maximum absolute atomic E-state index is 13.5. The fourth-order valence-electron chi connectivity index (χ4n) is 2.98. The number of carbonyl (C=O) groups is 2. The monoisotopic (exact) mass is 632 g/mol. The molecule has 158 valence electrons. The number of aldehydes is 1. The van der Waals surface area contributed by atoms with E-state index in [1.807, 2.05) is 6.92 Å². The van der Waals surface area contributed by atoms with Gasteiger partial charge in [0, 0.05) is 10.9 Å². The van der Waals surface area contributed by atoms with Crippen LogP contribution in [0.25, 0.3) is 11.0 Å². The molecule has 0 amide bonds. The molecule has 0 bridgehead atoms. The molecule has 8 radical (unpaired) electrons.